The molecule has 10 nitrogen and oxygen atoms in total. The normalized spacial score (nSPS) is 20.8. The van der Waals surface area contributed by atoms with Gasteiger partial charge in [-0.25, -0.2) is 4.79 Å². The molecule has 4 N–H and O–H groups in total. The summed E-state index contributed by atoms with van der Waals surface area (Å²) < 4.78 is 24.8. The predicted molar refractivity (Wildman–Crippen MR) is 147 cm³/mol. The minimum absolute atomic E-state index is 0.0730. The van der Waals surface area contributed by atoms with Gasteiger partial charge in [0, 0.05) is 12.3 Å². The maximum Gasteiger partial charge on any atom is 0.330 e. The third-order valence-electron chi connectivity index (χ3n) is 7.18. The SMILES string of the molecule is COc1ccc(C(OC[C@H]2O[C@@H](n3ccc(=O)[nH]c3=O)[C@H](N)[C@@H]2O)(c2ccccc2)c2ccc(OC)cc2)cc1. The first-order valence-electron chi connectivity index (χ1n) is 12.8. The number of benzene rings is 3. The van der Waals surface area contributed by atoms with E-state index in [0.717, 1.165) is 21.3 Å². The zero-order valence-electron chi connectivity index (χ0n) is 22.1. The van der Waals surface area contributed by atoms with Crippen LogP contribution in [0.25, 0.3) is 0 Å². The van der Waals surface area contributed by atoms with Crippen molar-refractivity contribution >= 4 is 0 Å². The fourth-order valence-electron chi connectivity index (χ4n) is 5.06. The Bertz CT molecular complexity index is 1490. The van der Waals surface area contributed by atoms with Crippen LogP contribution in [0.3, 0.4) is 0 Å². The van der Waals surface area contributed by atoms with E-state index in [0.29, 0.717) is 11.5 Å². The molecule has 10 heteroatoms. The van der Waals surface area contributed by atoms with Crippen molar-refractivity contribution in [3.8, 4) is 11.5 Å². The molecule has 0 bridgehead atoms. The Morgan fingerprint density at radius 1 is 0.875 bits per heavy atom. The number of aliphatic hydroxyl groups excluding tert-OH is 1. The molecule has 2 heterocycles. The number of H-pyrrole nitrogens is 1. The molecule has 1 saturated heterocycles. The average Bonchev–Trinajstić information content (AvgIpc) is 3.27. The van der Waals surface area contributed by atoms with Crippen molar-refractivity contribution in [2.75, 3.05) is 20.8 Å². The molecule has 0 unspecified atom stereocenters. The van der Waals surface area contributed by atoms with Gasteiger partial charge in [-0.1, -0.05) is 54.6 Å². The highest BCUT2D eigenvalue weighted by atomic mass is 16.6. The van der Waals surface area contributed by atoms with Crippen LogP contribution in [0.1, 0.15) is 22.9 Å². The summed E-state index contributed by atoms with van der Waals surface area (Å²) in [5.41, 5.74) is 6.40. The molecular formula is C30H31N3O7. The van der Waals surface area contributed by atoms with E-state index < -0.39 is 41.3 Å². The largest absolute Gasteiger partial charge is 0.497 e. The third-order valence-corrected chi connectivity index (χ3v) is 7.18. The Hall–Kier alpha value is -4.22. The average molecular weight is 546 g/mol. The predicted octanol–water partition coefficient (Wildman–Crippen LogP) is 2.15. The number of rotatable bonds is 9. The number of aromatic amines is 1. The Morgan fingerprint density at radius 2 is 1.43 bits per heavy atom. The number of nitrogens with zero attached hydrogens (tertiary/aromatic N) is 1. The van der Waals surface area contributed by atoms with Crippen molar-refractivity contribution in [1.82, 2.24) is 9.55 Å². The highest BCUT2D eigenvalue weighted by Crippen LogP contribution is 2.42. The molecule has 0 amide bonds. The van der Waals surface area contributed by atoms with Crippen molar-refractivity contribution in [2.45, 2.75) is 30.1 Å². The number of ether oxygens (including phenoxy) is 4. The van der Waals surface area contributed by atoms with E-state index >= 15 is 0 Å². The van der Waals surface area contributed by atoms with E-state index in [2.05, 4.69) is 4.98 Å². The zero-order chi connectivity index (χ0) is 28.3. The van der Waals surface area contributed by atoms with Crippen LogP contribution < -0.4 is 26.5 Å². The number of nitrogens with two attached hydrogens (primary N) is 1. The molecule has 4 atom stereocenters. The standard InChI is InChI=1S/C30H31N3O7/c1-37-22-12-8-20(9-13-22)30(19-6-4-3-5-7-19,21-10-14-23(38-2)15-11-21)39-18-24-27(35)26(31)28(40-24)33-17-16-25(34)32-29(33)36/h3-17,24,26-28,35H,18,31H2,1-2H3,(H,32,34,36)/t24-,26-,27-,28-/m1/s1. The Kier molecular flexibility index (Phi) is 7.85. The number of aromatic nitrogens is 2. The van der Waals surface area contributed by atoms with Gasteiger partial charge in [0.25, 0.3) is 5.56 Å². The summed E-state index contributed by atoms with van der Waals surface area (Å²) in [5, 5.41) is 11.0. The van der Waals surface area contributed by atoms with Gasteiger partial charge in [-0.15, -0.1) is 0 Å². The number of methoxy groups -OCH3 is 2. The maximum absolute atomic E-state index is 12.4. The molecule has 1 aliphatic rings. The first-order valence-corrected chi connectivity index (χ1v) is 12.8. The second-order valence-corrected chi connectivity index (χ2v) is 9.47. The Labute approximate surface area is 230 Å². The monoisotopic (exact) mass is 545 g/mol. The second kappa shape index (κ2) is 11.5. The van der Waals surface area contributed by atoms with Crippen LogP contribution in [-0.4, -0.2) is 53.7 Å². The minimum atomic E-state index is -1.15. The first kappa shape index (κ1) is 27.4. The molecule has 0 spiro atoms. The molecular weight excluding hydrogens is 514 g/mol. The van der Waals surface area contributed by atoms with E-state index in [-0.39, 0.29) is 6.61 Å². The zero-order valence-corrected chi connectivity index (χ0v) is 22.1. The molecule has 4 aromatic rings. The molecule has 40 heavy (non-hydrogen) atoms. The smallest absolute Gasteiger partial charge is 0.330 e. The summed E-state index contributed by atoms with van der Waals surface area (Å²) in [7, 11) is 3.21. The van der Waals surface area contributed by atoms with Crippen molar-refractivity contribution in [3.63, 3.8) is 0 Å². The summed E-state index contributed by atoms with van der Waals surface area (Å²) in [6.07, 6.45) is -1.73. The molecule has 1 aromatic heterocycles. The van der Waals surface area contributed by atoms with E-state index in [4.69, 9.17) is 24.7 Å². The summed E-state index contributed by atoms with van der Waals surface area (Å²) in [4.78, 5) is 26.1. The van der Waals surface area contributed by atoms with Crippen LogP contribution in [0.2, 0.25) is 0 Å². The Balaban J connectivity index is 1.56. The number of hydrogen-bond acceptors (Lipinski definition) is 8. The van der Waals surface area contributed by atoms with Crippen LogP contribution in [0.15, 0.2) is 101 Å². The number of nitrogens with one attached hydrogen (secondary N) is 1. The molecule has 0 saturated carbocycles. The Morgan fingerprint density at radius 3 is 1.95 bits per heavy atom. The summed E-state index contributed by atoms with van der Waals surface area (Å²) in [6.45, 7) is -0.0730. The van der Waals surface area contributed by atoms with Crippen LogP contribution >= 0.6 is 0 Å². The second-order valence-electron chi connectivity index (χ2n) is 9.47. The van der Waals surface area contributed by atoms with Gasteiger partial charge >= 0.3 is 5.69 Å². The molecule has 0 radical (unpaired) electrons. The van der Waals surface area contributed by atoms with Crippen molar-refractivity contribution in [3.05, 3.63) is 129 Å². The lowest BCUT2D eigenvalue weighted by atomic mass is 9.80. The van der Waals surface area contributed by atoms with E-state index in [1.807, 2.05) is 78.9 Å². The summed E-state index contributed by atoms with van der Waals surface area (Å²) in [5.74, 6) is 1.38. The number of hydrogen-bond donors (Lipinski definition) is 3. The van der Waals surface area contributed by atoms with Gasteiger partial charge in [0.15, 0.2) is 6.23 Å². The molecule has 3 aromatic carbocycles. The van der Waals surface area contributed by atoms with Gasteiger partial charge < -0.3 is 29.8 Å². The summed E-state index contributed by atoms with van der Waals surface area (Å²) >= 11 is 0. The van der Waals surface area contributed by atoms with Gasteiger partial charge in [0.05, 0.1) is 26.9 Å². The highest BCUT2D eigenvalue weighted by molar-refractivity contribution is 5.49. The molecule has 1 fully saturated rings. The van der Waals surface area contributed by atoms with Gasteiger partial charge in [-0.2, -0.15) is 0 Å². The lowest BCUT2D eigenvalue weighted by Crippen LogP contribution is -2.43. The van der Waals surface area contributed by atoms with Crippen LogP contribution in [0, 0.1) is 0 Å². The van der Waals surface area contributed by atoms with Crippen molar-refractivity contribution in [1.29, 1.82) is 0 Å². The van der Waals surface area contributed by atoms with Crippen LogP contribution in [0.4, 0.5) is 0 Å². The first-order chi connectivity index (χ1) is 19.4. The quantitative estimate of drug-likeness (QED) is 0.272. The van der Waals surface area contributed by atoms with Gasteiger partial charge in [0.2, 0.25) is 0 Å². The van der Waals surface area contributed by atoms with Crippen molar-refractivity contribution in [2.24, 2.45) is 5.73 Å². The van der Waals surface area contributed by atoms with E-state index in [1.165, 1.54) is 12.3 Å². The van der Waals surface area contributed by atoms with Crippen LogP contribution in [0.5, 0.6) is 11.5 Å². The van der Waals surface area contributed by atoms with Gasteiger partial charge in [-0.05, 0) is 41.0 Å². The topological polar surface area (TPSA) is 138 Å². The fraction of sp³-hybridized carbons (Fsp3) is 0.267. The number of aliphatic hydroxyl groups is 1. The molecule has 1 aliphatic heterocycles. The molecule has 208 valence electrons. The lowest BCUT2D eigenvalue weighted by molar-refractivity contribution is -0.0945. The summed E-state index contributed by atoms with van der Waals surface area (Å²) in [6, 6.07) is 25.1. The minimum Gasteiger partial charge on any atom is -0.497 e. The molecule has 0 aliphatic carbocycles. The molecule has 5 rings (SSSR count). The van der Waals surface area contributed by atoms with E-state index in [9.17, 15) is 14.7 Å². The van der Waals surface area contributed by atoms with E-state index in [1.54, 1.807) is 14.2 Å². The van der Waals surface area contributed by atoms with Crippen LogP contribution in [-0.2, 0) is 15.1 Å². The fourth-order valence-corrected chi connectivity index (χ4v) is 5.06. The van der Waals surface area contributed by atoms with Gasteiger partial charge in [-0.3, -0.25) is 14.3 Å². The third kappa shape index (κ3) is 5.05. The lowest BCUT2D eigenvalue weighted by Gasteiger charge is -2.37. The van der Waals surface area contributed by atoms with Crippen molar-refractivity contribution < 1.29 is 24.1 Å². The maximum atomic E-state index is 12.4. The highest BCUT2D eigenvalue weighted by Gasteiger charge is 2.45. The van der Waals surface area contributed by atoms with Gasteiger partial charge in [0.1, 0.15) is 29.3 Å².